The molecule has 31 heavy (non-hydrogen) atoms. The van der Waals surface area contributed by atoms with Crippen molar-refractivity contribution in [3.05, 3.63) is 24.3 Å². The van der Waals surface area contributed by atoms with Crippen molar-refractivity contribution < 1.29 is 22.7 Å². The van der Waals surface area contributed by atoms with Crippen molar-refractivity contribution in [2.24, 2.45) is 5.41 Å². The van der Waals surface area contributed by atoms with Crippen LogP contribution in [0.3, 0.4) is 0 Å². The quantitative estimate of drug-likeness (QED) is 0.739. The first kappa shape index (κ1) is 22.1. The van der Waals surface area contributed by atoms with E-state index in [0.717, 1.165) is 25.7 Å². The zero-order valence-corrected chi connectivity index (χ0v) is 19.0. The third-order valence-corrected chi connectivity index (χ3v) is 9.12. The Balaban J connectivity index is 1.42. The fourth-order valence-electron chi connectivity index (χ4n) is 5.22. The average Bonchev–Trinajstić information content (AvgIpc) is 3.37. The third-order valence-electron chi connectivity index (χ3n) is 7.21. The number of benzene rings is 1. The maximum Gasteiger partial charge on any atom is 0.243 e. The number of piperidine rings is 1. The van der Waals surface area contributed by atoms with Crippen LogP contribution >= 0.6 is 0 Å². The van der Waals surface area contributed by atoms with E-state index in [-0.39, 0.29) is 35.8 Å². The van der Waals surface area contributed by atoms with Gasteiger partial charge in [-0.2, -0.15) is 4.31 Å². The number of methoxy groups -OCH3 is 1. The molecule has 2 aliphatic heterocycles. The lowest BCUT2D eigenvalue weighted by molar-refractivity contribution is -0.139. The van der Waals surface area contributed by atoms with Gasteiger partial charge in [0, 0.05) is 26.2 Å². The number of carbonyl (C=O) groups excluding carboxylic acids is 2. The summed E-state index contributed by atoms with van der Waals surface area (Å²) in [6.45, 7) is 0.538. The van der Waals surface area contributed by atoms with E-state index in [4.69, 9.17) is 4.74 Å². The Bertz CT molecular complexity index is 932. The predicted molar refractivity (Wildman–Crippen MR) is 115 cm³/mol. The Labute approximate surface area is 184 Å². The summed E-state index contributed by atoms with van der Waals surface area (Å²) < 4.78 is 32.6. The lowest BCUT2D eigenvalue weighted by Crippen LogP contribution is -2.46. The molecular formula is C22H31N3O5S. The smallest absolute Gasteiger partial charge is 0.243 e. The molecule has 0 radical (unpaired) electrons. The first-order valence-electron chi connectivity index (χ1n) is 11.0. The minimum Gasteiger partial charge on any atom is -0.497 e. The number of nitrogens with one attached hydrogen (secondary N) is 1. The minimum atomic E-state index is -3.64. The van der Waals surface area contributed by atoms with Gasteiger partial charge in [0.05, 0.1) is 17.4 Å². The van der Waals surface area contributed by atoms with E-state index >= 15 is 0 Å². The lowest BCUT2D eigenvalue weighted by Gasteiger charge is -2.37. The van der Waals surface area contributed by atoms with Crippen LogP contribution in [0.25, 0.3) is 0 Å². The van der Waals surface area contributed by atoms with Crippen LogP contribution in [0, 0.1) is 5.41 Å². The van der Waals surface area contributed by atoms with Crippen molar-refractivity contribution in [3.8, 4) is 5.75 Å². The highest BCUT2D eigenvalue weighted by Crippen LogP contribution is 2.45. The number of sulfonamides is 1. The van der Waals surface area contributed by atoms with E-state index in [2.05, 4.69) is 5.32 Å². The molecule has 4 rings (SSSR count). The Morgan fingerprint density at radius 3 is 2.32 bits per heavy atom. The number of hydrogen-bond donors (Lipinski definition) is 1. The van der Waals surface area contributed by atoms with Gasteiger partial charge in [0.2, 0.25) is 21.8 Å². The summed E-state index contributed by atoms with van der Waals surface area (Å²) in [5.41, 5.74) is -0.654. The van der Waals surface area contributed by atoms with E-state index in [1.165, 1.54) is 23.5 Å². The van der Waals surface area contributed by atoms with Crippen molar-refractivity contribution in [2.45, 2.75) is 61.9 Å². The summed E-state index contributed by atoms with van der Waals surface area (Å²) in [6, 6.07) is 6.07. The number of carbonyl (C=O) groups is 2. The van der Waals surface area contributed by atoms with Gasteiger partial charge in [-0.25, -0.2) is 8.42 Å². The molecule has 2 saturated heterocycles. The van der Waals surface area contributed by atoms with Gasteiger partial charge >= 0.3 is 0 Å². The minimum absolute atomic E-state index is 0.0411. The fourth-order valence-corrected chi connectivity index (χ4v) is 6.66. The van der Waals surface area contributed by atoms with Crippen LogP contribution in [0.2, 0.25) is 0 Å². The van der Waals surface area contributed by atoms with Gasteiger partial charge in [-0.3, -0.25) is 9.59 Å². The molecule has 1 N–H and O–H groups in total. The van der Waals surface area contributed by atoms with E-state index < -0.39 is 21.5 Å². The molecule has 1 aromatic carbocycles. The van der Waals surface area contributed by atoms with Crippen molar-refractivity contribution in [3.63, 3.8) is 0 Å². The summed E-state index contributed by atoms with van der Waals surface area (Å²) >= 11 is 0. The molecule has 170 valence electrons. The molecule has 2 heterocycles. The number of likely N-dealkylation sites (tertiary alicyclic amines) is 1. The zero-order valence-electron chi connectivity index (χ0n) is 18.2. The van der Waals surface area contributed by atoms with E-state index in [1.54, 1.807) is 24.1 Å². The van der Waals surface area contributed by atoms with Gasteiger partial charge in [0.25, 0.3) is 0 Å². The van der Waals surface area contributed by atoms with Crippen LogP contribution in [-0.4, -0.2) is 68.8 Å². The van der Waals surface area contributed by atoms with Crippen LogP contribution < -0.4 is 10.1 Å². The first-order chi connectivity index (χ1) is 14.8. The summed E-state index contributed by atoms with van der Waals surface area (Å²) in [4.78, 5) is 27.7. The Morgan fingerprint density at radius 1 is 1.13 bits per heavy atom. The van der Waals surface area contributed by atoms with Gasteiger partial charge in [-0.15, -0.1) is 0 Å². The van der Waals surface area contributed by atoms with Crippen molar-refractivity contribution in [1.29, 1.82) is 0 Å². The predicted octanol–water partition coefficient (Wildman–Crippen LogP) is 1.76. The SMILES string of the molecule is COc1ccc(S(=O)(=O)N2CCC3(CC2)CC(C(=O)NC2CCCC2)N(C)C3=O)cc1. The van der Waals surface area contributed by atoms with E-state index in [0.29, 0.717) is 25.0 Å². The van der Waals surface area contributed by atoms with E-state index in [9.17, 15) is 18.0 Å². The summed E-state index contributed by atoms with van der Waals surface area (Å²) in [5, 5.41) is 3.11. The molecule has 1 unspecified atom stereocenters. The van der Waals surface area contributed by atoms with Gasteiger partial charge in [0.15, 0.2) is 0 Å². The van der Waals surface area contributed by atoms with Gasteiger partial charge in [0.1, 0.15) is 11.8 Å². The maximum atomic E-state index is 13.1. The zero-order chi connectivity index (χ0) is 22.2. The molecule has 1 atom stereocenters. The summed E-state index contributed by atoms with van der Waals surface area (Å²) in [7, 11) is -0.413. The molecule has 9 heteroatoms. The number of amides is 2. The highest BCUT2D eigenvalue weighted by molar-refractivity contribution is 7.89. The highest BCUT2D eigenvalue weighted by atomic mass is 32.2. The second kappa shape index (κ2) is 8.43. The lowest BCUT2D eigenvalue weighted by atomic mass is 9.76. The van der Waals surface area contributed by atoms with Crippen LogP contribution in [0.1, 0.15) is 44.9 Å². The number of nitrogens with zero attached hydrogens (tertiary/aromatic N) is 2. The topological polar surface area (TPSA) is 96.0 Å². The largest absolute Gasteiger partial charge is 0.497 e. The molecule has 2 amide bonds. The number of hydrogen-bond acceptors (Lipinski definition) is 5. The van der Waals surface area contributed by atoms with Crippen molar-refractivity contribution in [2.75, 3.05) is 27.2 Å². The molecule has 1 aromatic rings. The van der Waals surface area contributed by atoms with Crippen LogP contribution in [0.15, 0.2) is 29.2 Å². The van der Waals surface area contributed by atoms with E-state index in [1.807, 2.05) is 0 Å². The fraction of sp³-hybridized carbons (Fsp3) is 0.636. The normalized spacial score (nSPS) is 24.6. The summed E-state index contributed by atoms with van der Waals surface area (Å²) in [6.07, 6.45) is 5.58. The molecule has 0 aromatic heterocycles. The molecule has 1 saturated carbocycles. The number of rotatable bonds is 5. The third kappa shape index (κ3) is 4.05. The van der Waals surface area contributed by atoms with Crippen molar-refractivity contribution >= 4 is 21.8 Å². The molecule has 1 aliphatic carbocycles. The van der Waals surface area contributed by atoms with Crippen LogP contribution in [0.5, 0.6) is 5.75 Å². The first-order valence-corrected chi connectivity index (χ1v) is 12.4. The van der Waals surface area contributed by atoms with Crippen molar-refractivity contribution in [1.82, 2.24) is 14.5 Å². The van der Waals surface area contributed by atoms with Gasteiger partial charge in [-0.1, -0.05) is 12.8 Å². The highest BCUT2D eigenvalue weighted by Gasteiger charge is 2.54. The average molecular weight is 450 g/mol. The Hall–Kier alpha value is -2.13. The molecule has 8 nitrogen and oxygen atoms in total. The second-order valence-corrected chi connectivity index (χ2v) is 10.9. The van der Waals surface area contributed by atoms with Gasteiger partial charge < -0.3 is 15.0 Å². The molecule has 3 aliphatic rings. The molecule has 0 bridgehead atoms. The monoisotopic (exact) mass is 449 g/mol. The molecule has 1 spiro atoms. The Kier molecular flexibility index (Phi) is 6.00. The molecule has 3 fully saturated rings. The van der Waals surface area contributed by atoms with Crippen LogP contribution in [-0.2, 0) is 19.6 Å². The van der Waals surface area contributed by atoms with Gasteiger partial charge in [-0.05, 0) is 56.4 Å². The second-order valence-electron chi connectivity index (χ2n) is 8.99. The number of ether oxygens (including phenoxy) is 1. The maximum absolute atomic E-state index is 13.1. The van der Waals surface area contributed by atoms with Crippen LogP contribution in [0.4, 0.5) is 0 Å². The Morgan fingerprint density at radius 2 is 1.74 bits per heavy atom. The standard InChI is InChI=1S/C22H31N3O5S/c1-24-19(20(26)23-16-5-3-4-6-16)15-22(21(24)27)11-13-25(14-12-22)31(28,29)18-9-7-17(30-2)8-10-18/h7-10,16,19H,3-6,11-15H2,1-2H3,(H,23,26). The molecular weight excluding hydrogens is 418 g/mol. The summed E-state index contributed by atoms with van der Waals surface area (Å²) in [5.74, 6) is 0.478. The number of likely N-dealkylation sites (N-methyl/N-ethyl adjacent to an activating group) is 1.